The summed E-state index contributed by atoms with van der Waals surface area (Å²) >= 11 is 1.56. The Labute approximate surface area is 208 Å². The minimum Gasteiger partial charge on any atom is -0.375 e. The molecule has 0 fully saturated rings. The highest BCUT2D eigenvalue weighted by molar-refractivity contribution is 7.23. The number of hydrogen-bond acceptors (Lipinski definition) is 4. The van der Waals surface area contributed by atoms with Crippen molar-refractivity contribution in [3.05, 3.63) is 96.1 Å². The number of aliphatic hydroxyl groups is 1. The Morgan fingerprint density at radius 3 is 2.33 bits per heavy atom. The molecule has 3 aromatic carbocycles. The molecule has 1 N–H and O–H groups in total. The fraction of sp³-hybridized carbons (Fsp3) is 0.185. The van der Waals surface area contributed by atoms with E-state index in [-0.39, 0.29) is 12.4 Å². The van der Waals surface area contributed by atoms with Crippen molar-refractivity contribution in [2.24, 2.45) is 0 Å². The van der Waals surface area contributed by atoms with Gasteiger partial charge in [-0.25, -0.2) is 9.07 Å². The third-order valence-electron chi connectivity index (χ3n) is 6.21. The summed E-state index contributed by atoms with van der Waals surface area (Å²) in [5.74, 6) is -0.309. The quantitative estimate of drug-likeness (QED) is 0.246. The van der Waals surface area contributed by atoms with Crippen LogP contribution in [0.2, 0.25) is 0 Å². The van der Waals surface area contributed by atoms with Crippen LogP contribution in [-0.2, 0) is 12.1 Å². The van der Waals surface area contributed by atoms with Crippen LogP contribution in [0.5, 0.6) is 0 Å². The van der Waals surface area contributed by atoms with Gasteiger partial charge >= 0.3 is 6.18 Å². The Balaban J connectivity index is 1.54. The van der Waals surface area contributed by atoms with E-state index < -0.39 is 23.9 Å². The van der Waals surface area contributed by atoms with Crippen LogP contribution in [0.25, 0.3) is 31.7 Å². The molecule has 0 aliphatic rings. The number of nitrogens with zero attached hydrogens (tertiary/aromatic N) is 3. The van der Waals surface area contributed by atoms with Gasteiger partial charge in [0.25, 0.3) is 0 Å². The lowest BCUT2D eigenvalue weighted by molar-refractivity contribution is -0.269. The number of alkyl halides is 3. The fourth-order valence-electron chi connectivity index (χ4n) is 4.21. The summed E-state index contributed by atoms with van der Waals surface area (Å²) in [6.45, 7) is 1.44. The van der Waals surface area contributed by atoms with Crippen LogP contribution in [0.3, 0.4) is 0 Å². The molecule has 5 rings (SSSR count). The molecule has 0 aliphatic carbocycles. The highest BCUT2D eigenvalue weighted by Gasteiger charge is 2.55. The summed E-state index contributed by atoms with van der Waals surface area (Å²) in [5, 5.41) is 18.6. The van der Waals surface area contributed by atoms with Gasteiger partial charge in [-0.3, -0.25) is 0 Å². The van der Waals surface area contributed by atoms with Gasteiger partial charge in [-0.05, 0) is 41.3 Å². The van der Waals surface area contributed by atoms with Gasteiger partial charge in [-0.15, -0.1) is 16.4 Å². The van der Waals surface area contributed by atoms with E-state index in [0.717, 1.165) is 43.4 Å². The second-order valence-electron chi connectivity index (χ2n) is 8.52. The van der Waals surface area contributed by atoms with Crippen molar-refractivity contribution in [1.82, 2.24) is 15.0 Å². The predicted octanol–water partition coefficient (Wildman–Crippen LogP) is 7.17. The Hall–Kier alpha value is -3.56. The third-order valence-corrected chi connectivity index (χ3v) is 7.41. The zero-order chi connectivity index (χ0) is 25.5. The maximum absolute atomic E-state index is 13.6. The topological polar surface area (TPSA) is 50.9 Å². The van der Waals surface area contributed by atoms with E-state index in [0.29, 0.717) is 0 Å². The zero-order valence-corrected chi connectivity index (χ0v) is 19.9. The molecule has 4 nitrogen and oxygen atoms in total. The van der Waals surface area contributed by atoms with Crippen LogP contribution in [0.4, 0.5) is 17.6 Å². The number of thiophene rings is 1. The number of hydrogen-bond donors (Lipinski definition) is 1. The molecule has 5 aromatic rings. The second-order valence-corrected chi connectivity index (χ2v) is 9.57. The van der Waals surface area contributed by atoms with Crippen LogP contribution < -0.4 is 0 Å². The predicted molar refractivity (Wildman–Crippen MR) is 132 cm³/mol. The molecule has 36 heavy (non-hydrogen) atoms. The van der Waals surface area contributed by atoms with E-state index >= 15 is 0 Å². The average Bonchev–Trinajstić information content (AvgIpc) is 3.48. The van der Waals surface area contributed by atoms with E-state index in [1.807, 2.05) is 48.5 Å². The van der Waals surface area contributed by atoms with Crippen molar-refractivity contribution < 1.29 is 22.7 Å². The molecule has 0 saturated heterocycles. The molecule has 2 aromatic heterocycles. The third kappa shape index (κ3) is 4.29. The summed E-state index contributed by atoms with van der Waals surface area (Å²) in [6, 6.07) is 22.1. The maximum Gasteiger partial charge on any atom is 0.423 e. The minimum absolute atomic E-state index is 0.186. The van der Waals surface area contributed by atoms with E-state index in [1.165, 1.54) is 23.7 Å². The summed E-state index contributed by atoms with van der Waals surface area (Å²) in [4.78, 5) is 0.995. The number of aromatic nitrogens is 3. The fourth-order valence-corrected chi connectivity index (χ4v) is 5.51. The van der Waals surface area contributed by atoms with Crippen molar-refractivity contribution in [1.29, 1.82) is 0 Å². The van der Waals surface area contributed by atoms with Gasteiger partial charge in [0.1, 0.15) is 11.5 Å². The number of benzene rings is 3. The highest BCUT2D eigenvalue weighted by Crippen LogP contribution is 2.45. The van der Waals surface area contributed by atoms with Crippen molar-refractivity contribution in [3.63, 3.8) is 0 Å². The van der Waals surface area contributed by atoms with Crippen LogP contribution in [0.1, 0.15) is 24.6 Å². The van der Waals surface area contributed by atoms with Gasteiger partial charge in [0.15, 0.2) is 0 Å². The van der Waals surface area contributed by atoms with Gasteiger partial charge in [-0.1, -0.05) is 66.7 Å². The molecule has 2 heterocycles. The van der Waals surface area contributed by atoms with E-state index in [9.17, 15) is 22.7 Å². The molecule has 0 amide bonds. The van der Waals surface area contributed by atoms with E-state index in [4.69, 9.17) is 0 Å². The first-order valence-electron chi connectivity index (χ1n) is 11.3. The summed E-state index contributed by atoms with van der Waals surface area (Å²) < 4.78 is 56.0. The lowest BCUT2D eigenvalue weighted by atomic mass is 9.96. The number of rotatable bonds is 6. The lowest BCUT2D eigenvalue weighted by Crippen LogP contribution is -2.42. The van der Waals surface area contributed by atoms with Gasteiger partial charge in [-0.2, -0.15) is 13.2 Å². The molecule has 0 radical (unpaired) electrons. The van der Waals surface area contributed by atoms with Crippen LogP contribution in [0, 0.1) is 5.82 Å². The van der Waals surface area contributed by atoms with Crippen LogP contribution in [0.15, 0.2) is 79.0 Å². The Morgan fingerprint density at radius 1 is 0.944 bits per heavy atom. The van der Waals surface area contributed by atoms with E-state index in [1.54, 1.807) is 23.5 Å². The Bertz CT molecular complexity index is 1510. The monoisotopic (exact) mass is 511 g/mol. The molecule has 0 aliphatic heterocycles. The number of fused-ring (bicyclic) bond motifs is 1. The Morgan fingerprint density at radius 2 is 1.67 bits per heavy atom. The molecule has 0 bridgehead atoms. The van der Waals surface area contributed by atoms with Crippen molar-refractivity contribution in [2.75, 3.05) is 0 Å². The maximum atomic E-state index is 13.6. The summed E-state index contributed by atoms with van der Waals surface area (Å²) in [5.41, 5.74) is 0.206. The first-order chi connectivity index (χ1) is 17.2. The molecule has 184 valence electrons. The number of halogens is 4. The first-order valence-corrected chi connectivity index (χ1v) is 12.1. The van der Waals surface area contributed by atoms with Gasteiger partial charge in [0, 0.05) is 20.5 Å². The van der Waals surface area contributed by atoms with Crippen molar-refractivity contribution in [2.45, 2.75) is 31.7 Å². The van der Waals surface area contributed by atoms with Crippen LogP contribution >= 0.6 is 11.3 Å². The smallest absolute Gasteiger partial charge is 0.375 e. The van der Waals surface area contributed by atoms with Crippen LogP contribution in [-0.4, -0.2) is 26.3 Å². The van der Waals surface area contributed by atoms with E-state index in [2.05, 4.69) is 10.3 Å². The van der Waals surface area contributed by atoms with Gasteiger partial charge in [0.05, 0.1) is 12.7 Å². The molecular formula is C27H21F4N3OS. The van der Waals surface area contributed by atoms with Gasteiger partial charge < -0.3 is 5.11 Å². The Kier molecular flexibility index (Phi) is 6.13. The second kappa shape index (κ2) is 9.15. The molecular weight excluding hydrogens is 490 g/mol. The molecule has 1 atom stereocenters. The zero-order valence-electron chi connectivity index (χ0n) is 19.1. The van der Waals surface area contributed by atoms with Gasteiger partial charge in [0.2, 0.25) is 5.60 Å². The minimum atomic E-state index is -4.86. The SMILES string of the molecule is CCC(O)(c1cn(Cc2ccc3c(-c4ccccc4)c(-c4ccc(F)cc4)sc3c2)nn1)C(F)(F)F. The standard InChI is InChI=1S/C27H21F4N3OS/c1-2-26(35,27(29,30)31)23-16-34(33-32-23)15-17-8-13-21-22(14-17)36-25(19-9-11-20(28)12-10-19)24(21)18-6-4-3-5-7-18/h3-14,16,35H,2,15H2,1H3. The highest BCUT2D eigenvalue weighted by atomic mass is 32.1. The average molecular weight is 512 g/mol. The molecule has 1 unspecified atom stereocenters. The largest absolute Gasteiger partial charge is 0.423 e. The van der Waals surface area contributed by atoms with Crippen molar-refractivity contribution in [3.8, 4) is 21.6 Å². The first kappa shape index (κ1) is 24.1. The summed E-state index contributed by atoms with van der Waals surface area (Å²) in [7, 11) is 0. The molecule has 9 heteroatoms. The summed E-state index contributed by atoms with van der Waals surface area (Å²) in [6.07, 6.45) is -4.29. The van der Waals surface area contributed by atoms with Crippen molar-refractivity contribution >= 4 is 21.4 Å². The molecule has 0 saturated carbocycles. The lowest BCUT2D eigenvalue weighted by Gasteiger charge is -2.26. The molecule has 0 spiro atoms. The normalized spacial score (nSPS) is 13.7.